The Labute approximate surface area is 174 Å². The molecule has 2 heterocycles. The third kappa shape index (κ3) is 4.10. The lowest BCUT2D eigenvalue weighted by Crippen LogP contribution is -2.49. The van der Waals surface area contributed by atoms with Crippen molar-refractivity contribution in [1.82, 2.24) is 18.8 Å². The van der Waals surface area contributed by atoms with Crippen molar-refractivity contribution in [2.45, 2.75) is 25.3 Å². The Bertz CT molecular complexity index is 1110. The number of benzene rings is 2. The predicted octanol–water partition coefficient (Wildman–Crippen LogP) is 3.64. The summed E-state index contributed by atoms with van der Waals surface area (Å²) in [5.74, 6) is 0.261. The van der Waals surface area contributed by atoms with E-state index < -0.39 is 16.6 Å². The maximum Gasteiger partial charge on any atom is 0.320 e. The third-order valence-electron chi connectivity index (χ3n) is 5.60. The van der Waals surface area contributed by atoms with Crippen LogP contribution < -0.4 is 0 Å². The highest BCUT2D eigenvalue weighted by atomic mass is 32.2. The van der Waals surface area contributed by atoms with Gasteiger partial charge in [-0.1, -0.05) is 42.5 Å². The number of hydrogen-bond donors (Lipinski definition) is 0. The summed E-state index contributed by atoms with van der Waals surface area (Å²) in [6.45, 7) is 0.725. The average molecular weight is 435 g/mol. The van der Waals surface area contributed by atoms with E-state index in [4.69, 9.17) is 0 Å². The van der Waals surface area contributed by atoms with E-state index in [0.29, 0.717) is 43.0 Å². The molecule has 4 rings (SSSR count). The minimum absolute atomic E-state index is 0.0371. The summed E-state index contributed by atoms with van der Waals surface area (Å²) < 4.78 is 55.5. The van der Waals surface area contributed by atoms with Crippen LogP contribution >= 0.6 is 0 Å². The maximum absolute atomic E-state index is 13.8. The molecule has 0 N–H and O–H groups in total. The highest BCUT2D eigenvalue weighted by Crippen LogP contribution is 2.30. The number of hydrogen-bond acceptors (Lipinski definition) is 4. The first kappa shape index (κ1) is 20.9. The van der Waals surface area contributed by atoms with Crippen LogP contribution in [0.15, 0.2) is 54.6 Å². The Hall–Kier alpha value is -2.36. The number of rotatable bonds is 6. The molecule has 0 bridgehead atoms. The minimum atomic E-state index is -3.43. The van der Waals surface area contributed by atoms with E-state index in [1.54, 1.807) is 36.4 Å². The second-order valence-corrected chi connectivity index (χ2v) is 9.43. The van der Waals surface area contributed by atoms with Crippen LogP contribution in [0, 0.1) is 0 Å². The molecule has 0 saturated carbocycles. The van der Waals surface area contributed by atoms with Crippen molar-refractivity contribution >= 4 is 21.1 Å². The Morgan fingerprint density at radius 3 is 2.27 bits per heavy atom. The van der Waals surface area contributed by atoms with E-state index in [-0.39, 0.29) is 11.8 Å². The van der Waals surface area contributed by atoms with Crippen molar-refractivity contribution in [3.05, 3.63) is 66.0 Å². The fraction of sp³-hybridized carbons (Fsp3) is 0.381. The summed E-state index contributed by atoms with van der Waals surface area (Å²) in [6, 6.07) is 15.6. The number of fused-ring (bicyclic) bond motifs is 1. The van der Waals surface area contributed by atoms with E-state index in [1.165, 1.54) is 4.31 Å². The fourth-order valence-corrected chi connectivity index (χ4v) is 5.49. The number of aromatic nitrogens is 2. The highest BCUT2D eigenvalue weighted by molar-refractivity contribution is 7.88. The van der Waals surface area contributed by atoms with Gasteiger partial charge in [0.1, 0.15) is 5.82 Å². The van der Waals surface area contributed by atoms with Crippen molar-refractivity contribution in [3.8, 4) is 0 Å². The summed E-state index contributed by atoms with van der Waals surface area (Å²) in [7, 11) is -3.43. The standard InChI is InChI=1S/C21H24F2N4O2S/c1-16(20-24-18-9-5-6-10-19(18)27(20)21(22)23)25-11-13-26(14-12-25)30(28,29)15-17-7-3-2-4-8-17/h2-10,16,21H,11-15H2,1H3. The van der Waals surface area contributed by atoms with Crippen LogP contribution in [0.5, 0.6) is 0 Å². The molecule has 0 aliphatic carbocycles. The molecule has 160 valence electrons. The van der Waals surface area contributed by atoms with Gasteiger partial charge in [0.05, 0.1) is 22.8 Å². The van der Waals surface area contributed by atoms with Crippen molar-refractivity contribution < 1.29 is 17.2 Å². The van der Waals surface area contributed by atoms with Crippen molar-refractivity contribution in [1.29, 1.82) is 0 Å². The molecule has 1 unspecified atom stereocenters. The summed E-state index contributed by atoms with van der Waals surface area (Å²) in [5.41, 5.74) is 1.68. The zero-order valence-corrected chi connectivity index (χ0v) is 17.5. The lowest BCUT2D eigenvalue weighted by molar-refractivity contribution is 0.0616. The molecule has 1 saturated heterocycles. The van der Waals surface area contributed by atoms with Gasteiger partial charge in [-0.3, -0.25) is 9.47 Å². The molecule has 3 aromatic rings. The third-order valence-corrected chi connectivity index (χ3v) is 7.45. The van der Waals surface area contributed by atoms with Crippen LogP contribution in [0.2, 0.25) is 0 Å². The van der Waals surface area contributed by atoms with Gasteiger partial charge in [0.15, 0.2) is 0 Å². The maximum atomic E-state index is 13.8. The number of para-hydroxylation sites is 2. The number of halogens is 2. The normalized spacial score (nSPS) is 17.6. The SMILES string of the molecule is CC(c1nc2ccccc2n1C(F)F)N1CCN(S(=O)(=O)Cc2ccccc2)CC1. The number of piperazine rings is 1. The van der Waals surface area contributed by atoms with E-state index in [2.05, 4.69) is 4.98 Å². The average Bonchev–Trinajstić information content (AvgIpc) is 3.13. The van der Waals surface area contributed by atoms with Gasteiger partial charge >= 0.3 is 6.55 Å². The first-order valence-corrected chi connectivity index (χ1v) is 11.5. The molecule has 2 aromatic carbocycles. The topological polar surface area (TPSA) is 58.4 Å². The molecule has 1 fully saturated rings. The van der Waals surface area contributed by atoms with Crippen molar-refractivity contribution in [2.75, 3.05) is 26.2 Å². The monoisotopic (exact) mass is 434 g/mol. The molecular weight excluding hydrogens is 410 g/mol. The molecule has 0 amide bonds. The number of nitrogens with zero attached hydrogens (tertiary/aromatic N) is 4. The highest BCUT2D eigenvalue weighted by Gasteiger charge is 2.32. The molecule has 1 aromatic heterocycles. The molecule has 6 nitrogen and oxygen atoms in total. The van der Waals surface area contributed by atoms with E-state index in [9.17, 15) is 17.2 Å². The first-order chi connectivity index (χ1) is 14.4. The van der Waals surface area contributed by atoms with Crippen LogP contribution in [0.1, 0.15) is 30.9 Å². The Morgan fingerprint density at radius 1 is 0.967 bits per heavy atom. The van der Waals surface area contributed by atoms with Crippen LogP contribution in [0.25, 0.3) is 11.0 Å². The predicted molar refractivity (Wildman–Crippen MR) is 112 cm³/mol. The smallest absolute Gasteiger partial charge is 0.291 e. The Morgan fingerprint density at radius 2 is 1.60 bits per heavy atom. The molecule has 0 radical (unpaired) electrons. The van der Waals surface area contributed by atoms with Gasteiger partial charge in [0.2, 0.25) is 10.0 Å². The van der Waals surface area contributed by atoms with Crippen LogP contribution in [-0.4, -0.2) is 53.4 Å². The van der Waals surface area contributed by atoms with Crippen molar-refractivity contribution in [2.24, 2.45) is 0 Å². The van der Waals surface area contributed by atoms with Gasteiger partial charge < -0.3 is 0 Å². The molecule has 1 aliphatic heterocycles. The summed E-state index contributed by atoms with van der Waals surface area (Å²) in [4.78, 5) is 6.45. The molecular formula is C21H24F2N4O2S. The first-order valence-electron chi connectivity index (χ1n) is 9.87. The number of imidazole rings is 1. The van der Waals surface area contributed by atoms with Crippen LogP contribution in [0.3, 0.4) is 0 Å². The lowest BCUT2D eigenvalue weighted by atomic mass is 10.2. The molecule has 1 atom stereocenters. The lowest BCUT2D eigenvalue weighted by Gasteiger charge is -2.37. The van der Waals surface area contributed by atoms with Gasteiger partial charge in [-0.15, -0.1) is 0 Å². The molecule has 0 spiro atoms. The van der Waals surface area contributed by atoms with Gasteiger partial charge in [-0.05, 0) is 24.6 Å². The van der Waals surface area contributed by atoms with Gasteiger partial charge in [0.25, 0.3) is 0 Å². The largest absolute Gasteiger partial charge is 0.320 e. The zero-order chi connectivity index (χ0) is 21.3. The molecule has 30 heavy (non-hydrogen) atoms. The van der Waals surface area contributed by atoms with E-state index in [1.807, 2.05) is 30.0 Å². The van der Waals surface area contributed by atoms with Gasteiger partial charge in [0, 0.05) is 26.2 Å². The number of alkyl halides is 2. The fourth-order valence-electron chi connectivity index (χ4n) is 3.97. The van der Waals surface area contributed by atoms with Gasteiger partial charge in [-0.25, -0.2) is 13.4 Å². The number of sulfonamides is 1. The van der Waals surface area contributed by atoms with E-state index >= 15 is 0 Å². The Balaban J connectivity index is 1.48. The van der Waals surface area contributed by atoms with Crippen molar-refractivity contribution in [3.63, 3.8) is 0 Å². The molecule has 1 aliphatic rings. The van der Waals surface area contributed by atoms with Crippen LogP contribution in [-0.2, 0) is 15.8 Å². The minimum Gasteiger partial charge on any atom is -0.291 e. The zero-order valence-electron chi connectivity index (χ0n) is 16.7. The summed E-state index contributed by atoms with van der Waals surface area (Å²) >= 11 is 0. The second-order valence-electron chi connectivity index (χ2n) is 7.46. The van der Waals surface area contributed by atoms with Crippen LogP contribution in [0.4, 0.5) is 8.78 Å². The molecule has 9 heteroatoms. The quantitative estimate of drug-likeness (QED) is 0.594. The summed E-state index contributed by atoms with van der Waals surface area (Å²) in [5, 5.41) is 0. The summed E-state index contributed by atoms with van der Waals surface area (Å²) in [6.07, 6.45) is 0. The second kappa shape index (κ2) is 8.41. The van der Waals surface area contributed by atoms with E-state index in [0.717, 1.165) is 10.1 Å². The van der Waals surface area contributed by atoms with Gasteiger partial charge in [-0.2, -0.15) is 13.1 Å². The Kier molecular flexibility index (Phi) is 5.86.